The average Bonchev–Trinajstić information content (AvgIpc) is 2.54. The second kappa shape index (κ2) is 8.99. The van der Waals surface area contributed by atoms with E-state index in [1.54, 1.807) is 6.08 Å². The highest BCUT2D eigenvalue weighted by atomic mass is 16.5. The van der Waals surface area contributed by atoms with Crippen molar-refractivity contribution in [2.45, 2.75) is 6.92 Å². The fraction of sp³-hybridized carbons (Fsp3) is 0.118. The van der Waals surface area contributed by atoms with Crippen LogP contribution in [0.3, 0.4) is 0 Å². The van der Waals surface area contributed by atoms with Gasteiger partial charge in [0, 0.05) is 11.6 Å². The minimum atomic E-state index is -1.21. The summed E-state index contributed by atoms with van der Waals surface area (Å²) in [5.74, 6) is -2.88. The van der Waals surface area contributed by atoms with Crippen LogP contribution in [0.2, 0.25) is 0 Å². The molecular weight excluding hydrogens is 300 g/mol. The minimum Gasteiger partial charge on any atom is -0.478 e. The van der Waals surface area contributed by atoms with Gasteiger partial charge in [-0.25, -0.2) is 14.4 Å². The molecule has 0 spiro atoms. The van der Waals surface area contributed by atoms with Gasteiger partial charge < -0.3 is 14.6 Å². The molecule has 6 nitrogen and oxygen atoms in total. The van der Waals surface area contributed by atoms with Gasteiger partial charge in [-0.2, -0.15) is 0 Å². The maximum atomic E-state index is 11.7. The molecule has 1 rings (SSSR count). The lowest BCUT2D eigenvalue weighted by molar-refractivity contribution is -0.137. The summed E-state index contributed by atoms with van der Waals surface area (Å²) in [6, 6.07) is 9.15. The highest BCUT2D eigenvalue weighted by Gasteiger charge is 2.12. The van der Waals surface area contributed by atoms with Gasteiger partial charge >= 0.3 is 17.9 Å². The topological polar surface area (TPSA) is 89.9 Å². The summed E-state index contributed by atoms with van der Waals surface area (Å²) < 4.78 is 9.33. The van der Waals surface area contributed by atoms with E-state index in [0.717, 1.165) is 24.8 Å². The molecular formula is C17H16O6. The third-order valence-corrected chi connectivity index (χ3v) is 2.65. The number of benzene rings is 1. The number of hydrogen-bond donors (Lipinski definition) is 1. The summed E-state index contributed by atoms with van der Waals surface area (Å²) in [5.41, 5.74) is 0.499. The number of aliphatic carboxylic acids is 1. The van der Waals surface area contributed by atoms with Gasteiger partial charge in [-0.3, -0.25) is 0 Å². The fourth-order valence-corrected chi connectivity index (χ4v) is 1.48. The predicted octanol–water partition coefficient (Wildman–Crippen LogP) is 2.33. The first-order valence-electron chi connectivity index (χ1n) is 6.58. The zero-order valence-corrected chi connectivity index (χ0v) is 12.7. The number of ether oxygens (including phenoxy) is 2. The van der Waals surface area contributed by atoms with Gasteiger partial charge in [0.25, 0.3) is 0 Å². The molecule has 0 saturated carbocycles. The second-order valence-electron chi connectivity index (χ2n) is 4.37. The largest absolute Gasteiger partial charge is 0.478 e. The van der Waals surface area contributed by atoms with Crippen molar-refractivity contribution < 1.29 is 29.0 Å². The molecule has 0 atom stereocenters. The molecule has 120 valence electrons. The molecule has 0 aliphatic heterocycles. The van der Waals surface area contributed by atoms with Crippen LogP contribution < -0.4 is 0 Å². The Bertz CT molecular complexity index is 668. The van der Waals surface area contributed by atoms with E-state index >= 15 is 0 Å². The summed E-state index contributed by atoms with van der Waals surface area (Å²) in [4.78, 5) is 34.0. The molecule has 1 aromatic rings. The SMILES string of the molecule is COC(=O)C(C=C(C)C(=O)O)=CC(=O)OC=Cc1ccccc1. The highest BCUT2D eigenvalue weighted by molar-refractivity contribution is 6.00. The lowest BCUT2D eigenvalue weighted by atomic mass is 10.1. The zero-order chi connectivity index (χ0) is 17.2. The first-order chi connectivity index (χ1) is 10.9. The molecule has 0 heterocycles. The predicted molar refractivity (Wildman–Crippen MR) is 83.1 cm³/mol. The Kier molecular flexibility index (Phi) is 7.00. The van der Waals surface area contributed by atoms with Gasteiger partial charge in [0.1, 0.15) is 0 Å². The molecule has 0 aliphatic rings. The van der Waals surface area contributed by atoms with Crippen LogP contribution >= 0.6 is 0 Å². The quantitative estimate of drug-likeness (QED) is 0.375. The summed E-state index contributed by atoms with van der Waals surface area (Å²) in [6.45, 7) is 1.29. The van der Waals surface area contributed by atoms with Crippen molar-refractivity contribution in [1.29, 1.82) is 0 Å². The summed E-state index contributed by atoms with van der Waals surface area (Å²) in [7, 11) is 1.13. The molecule has 0 saturated heterocycles. The van der Waals surface area contributed by atoms with E-state index in [9.17, 15) is 14.4 Å². The number of carbonyl (C=O) groups is 3. The molecule has 23 heavy (non-hydrogen) atoms. The van der Waals surface area contributed by atoms with Gasteiger partial charge in [-0.05, 0) is 24.6 Å². The van der Waals surface area contributed by atoms with E-state index in [0.29, 0.717) is 0 Å². The van der Waals surface area contributed by atoms with E-state index in [4.69, 9.17) is 9.84 Å². The van der Waals surface area contributed by atoms with Crippen LogP contribution in [0.4, 0.5) is 0 Å². The van der Waals surface area contributed by atoms with Gasteiger partial charge in [0.2, 0.25) is 0 Å². The number of rotatable bonds is 6. The van der Waals surface area contributed by atoms with Crippen molar-refractivity contribution in [3.05, 3.63) is 65.5 Å². The average molecular weight is 316 g/mol. The van der Waals surface area contributed by atoms with E-state index in [-0.39, 0.29) is 11.1 Å². The number of hydrogen-bond acceptors (Lipinski definition) is 5. The van der Waals surface area contributed by atoms with Gasteiger partial charge in [0.05, 0.1) is 18.9 Å². The molecule has 0 unspecified atom stereocenters. The van der Waals surface area contributed by atoms with Crippen LogP contribution in [0.5, 0.6) is 0 Å². The van der Waals surface area contributed by atoms with Crippen LogP contribution in [0.1, 0.15) is 12.5 Å². The number of methoxy groups -OCH3 is 1. The normalized spacial score (nSPS) is 12.1. The third kappa shape index (κ3) is 6.43. The Morgan fingerprint density at radius 2 is 1.74 bits per heavy atom. The van der Waals surface area contributed by atoms with Gasteiger partial charge in [-0.1, -0.05) is 30.3 Å². The number of carbonyl (C=O) groups excluding carboxylic acids is 2. The van der Waals surface area contributed by atoms with Crippen molar-refractivity contribution in [2.24, 2.45) is 0 Å². The first kappa shape index (κ1) is 17.9. The fourth-order valence-electron chi connectivity index (χ4n) is 1.48. The Morgan fingerprint density at radius 3 is 2.30 bits per heavy atom. The van der Waals surface area contributed by atoms with Crippen molar-refractivity contribution in [1.82, 2.24) is 0 Å². The standard InChI is InChI=1S/C17H16O6/c1-12(16(19)20)10-14(17(21)22-2)11-15(18)23-9-8-13-6-4-3-5-7-13/h3-11H,1-2H3,(H,19,20). The van der Waals surface area contributed by atoms with E-state index in [1.807, 2.05) is 30.3 Å². The molecule has 6 heteroatoms. The van der Waals surface area contributed by atoms with E-state index < -0.39 is 17.9 Å². The minimum absolute atomic E-state index is 0.116. The Morgan fingerprint density at radius 1 is 1.09 bits per heavy atom. The Labute approximate surface area is 133 Å². The monoisotopic (exact) mass is 316 g/mol. The molecule has 0 amide bonds. The molecule has 1 N–H and O–H groups in total. The molecule has 0 bridgehead atoms. The third-order valence-electron chi connectivity index (χ3n) is 2.65. The lowest BCUT2D eigenvalue weighted by Crippen LogP contribution is -2.08. The van der Waals surface area contributed by atoms with Gasteiger partial charge in [-0.15, -0.1) is 0 Å². The summed E-state index contributed by atoms with van der Waals surface area (Å²) in [6.07, 6.45) is 4.66. The smallest absolute Gasteiger partial charge is 0.338 e. The maximum Gasteiger partial charge on any atom is 0.338 e. The highest BCUT2D eigenvalue weighted by Crippen LogP contribution is 2.07. The van der Waals surface area contributed by atoms with Crippen molar-refractivity contribution >= 4 is 24.0 Å². The Hall–Kier alpha value is -3.15. The van der Waals surface area contributed by atoms with Crippen LogP contribution in [-0.2, 0) is 23.9 Å². The van der Waals surface area contributed by atoms with Crippen molar-refractivity contribution in [3.8, 4) is 0 Å². The summed E-state index contributed by atoms with van der Waals surface area (Å²) in [5, 5.41) is 8.81. The van der Waals surface area contributed by atoms with Gasteiger partial charge in [0.15, 0.2) is 0 Å². The number of carboxylic acid groups (broad SMARTS) is 1. The summed E-state index contributed by atoms with van der Waals surface area (Å²) >= 11 is 0. The molecule has 0 aliphatic carbocycles. The van der Waals surface area contributed by atoms with E-state index in [2.05, 4.69) is 4.74 Å². The van der Waals surface area contributed by atoms with Crippen LogP contribution in [0.25, 0.3) is 6.08 Å². The molecule has 0 fully saturated rings. The maximum absolute atomic E-state index is 11.7. The zero-order valence-electron chi connectivity index (χ0n) is 12.7. The van der Waals surface area contributed by atoms with E-state index in [1.165, 1.54) is 13.2 Å². The Balaban J connectivity index is 2.83. The second-order valence-corrected chi connectivity index (χ2v) is 4.37. The lowest BCUT2D eigenvalue weighted by Gasteiger charge is -2.01. The number of carboxylic acids is 1. The van der Waals surface area contributed by atoms with Crippen LogP contribution in [0, 0.1) is 0 Å². The first-order valence-corrected chi connectivity index (χ1v) is 6.58. The van der Waals surface area contributed by atoms with Crippen LogP contribution in [-0.4, -0.2) is 30.1 Å². The molecule has 0 aromatic heterocycles. The van der Waals surface area contributed by atoms with Crippen LogP contribution in [0.15, 0.2) is 59.9 Å². The van der Waals surface area contributed by atoms with Crippen molar-refractivity contribution in [2.75, 3.05) is 7.11 Å². The molecule has 0 radical (unpaired) electrons. The van der Waals surface area contributed by atoms with Crippen molar-refractivity contribution in [3.63, 3.8) is 0 Å². The molecule has 1 aromatic carbocycles. The number of esters is 2.